The zero-order chi connectivity index (χ0) is 19.6. The summed E-state index contributed by atoms with van der Waals surface area (Å²) >= 11 is 0. The van der Waals surface area contributed by atoms with Crippen LogP contribution in [0, 0.1) is 0 Å². The number of hydrogen-bond acceptors (Lipinski definition) is 5. The van der Waals surface area contributed by atoms with Gasteiger partial charge in [-0.2, -0.15) is 5.10 Å². The van der Waals surface area contributed by atoms with Gasteiger partial charge in [-0.1, -0.05) is 12.1 Å². The molecule has 0 aromatic heterocycles. The summed E-state index contributed by atoms with van der Waals surface area (Å²) in [5.41, 5.74) is 4.06. The first kappa shape index (κ1) is 20.0. The van der Waals surface area contributed by atoms with Crippen molar-refractivity contribution < 1.29 is 19.1 Å². The van der Waals surface area contributed by atoms with Gasteiger partial charge in [-0.25, -0.2) is 5.43 Å². The lowest BCUT2D eigenvalue weighted by molar-refractivity contribution is -0.128. The lowest BCUT2D eigenvalue weighted by Gasteiger charge is -2.12. The Morgan fingerprint density at radius 2 is 1.56 bits per heavy atom. The average Bonchev–Trinajstić information content (AvgIpc) is 2.68. The van der Waals surface area contributed by atoms with Crippen LogP contribution in [0.2, 0.25) is 0 Å². The average molecular weight is 369 g/mol. The Morgan fingerprint density at radius 1 is 1.00 bits per heavy atom. The molecule has 0 radical (unpaired) electrons. The lowest BCUT2D eigenvalue weighted by Crippen LogP contribution is -2.43. The summed E-state index contributed by atoms with van der Waals surface area (Å²) in [6, 6.07) is 13.7. The zero-order valence-corrected chi connectivity index (χ0v) is 15.6. The van der Waals surface area contributed by atoms with Crippen molar-refractivity contribution in [2.24, 2.45) is 5.10 Å². The van der Waals surface area contributed by atoms with E-state index >= 15 is 0 Å². The summed E-state index contributed by atoms with van der Waals surface area (Å²) in [5.74, 6) is 0.816. The van der Waals surface area contributed by atoms with E-state index in [9.17, 15) is 9.59 Å². The summed E-state index contributed by atoms with van der Waals surface area (Å²) < 4.78 is 10.2. The van der Waals surface area contributed by atoms with Crippen LogP contribution in [0.1, 0.15) is 18.1 Å². The van der Waals surface area contributed by atoms with Crippen LogP contribution in [-0.2, 0) is 16.0 Å². The molecule has 0 aliphatic rings. The van der Waals surface area contributed by atoms with E-state index in [1.807, 2.05) is 24.3 Å². The molecule has 0 bridgehead atoms. The van der Waals surface area contributed by atoms with Crippen LogP contribution in [0.15, 0.2) is 53.6 Å². The topological polar surface area (TPSA) is 89.0 Å². The highest BCUT2D eigenvalue weighted by atomic mass is 16.5. The minimum atomic E-state index is -0.705. The Morgan fingerprint density at radius 3 is 2.11 bits per heavy atom. The van der Waals surface area contributed by atoms with Crippen LogP contribution in [-0.4, -0.2) is 38.3 Å². The molecule has 2 aromatic carbocycles. The minimum absolute atomic E-state index is 0.177. The summed E-state index contributed by atoms with van der Waals surface area (Å²) in [4.78, 5) is 24.1. The number of carbonyl (C=O) groups excluding carboxylic acids is 2. The van der Waals surface area contributed by atoms with E-state index in [0.717, 1.165) is 22.6 Å². The van der Waals surface area contributed by atoms with Gasteiger partial charge in [0.05, 0.1) is 26.9 Å². The number of amides is 2. The summed E-state index contributed by atoms with van der Waals surface area (Å²) in [5, 5.41) is 6.55. The number of carbonyl (C=O) groups is 2. The van der Waals surface area contributed by atoms with Crippen molar-refractivity contribution in [1.82, 2.24) is 10.7 Å². The van der Waals surface area contributed by atoms with Crippen LogP contribution in [0.3, 0.4) is 0 Å². The second-order valence-electron chi connectivity index (χ2n) is 5.82. The quantitative estimate of drug-likeness (QED) is 0.549. The summed E-state index contributed by atoms with van der Waals surface area (Å²) in [6.07, 6.45) is 1.69. The molecule has 0 saturated carbocycles. The third-order valence-corrected chi connectivity index (χ3v) is 3.80. The monoisotopic (exact) mass is 369 g/mol. The Hall–Kier alpha value is -3.35. The highest BCUT2D eigenvalue weighted by molar-refractivity contribution is 5.89. The molecule has 0 aliphatic carbocycles. The molecule has 0 fully saturated rings. The van der Waals surface area contributed by atoms with E-state index in [1.54, 1.807) is 45.4 Å². The molecule has 2 aromatic rings. The fourth-order valence-corrected chi connectivity index (χ4v) is 2.24. The maximum atomic E-state index is 12.1. The second kappa shape index (κ2) is 9.96. The largest absolute Gasteiger partial charge is 0.497 e. The van der Waals surface area contributed by atoms with Crippen LogP contribution >= 0.6 is 0 Å². The maximum Gasteiger partial charge on any atom is 0.262 e. The van der Waals surface area contributed by atoms with E-state index in [1.165, 1.54) is 6.21 Å². The van der Waals surface area contributed by atoms with Gasteiger partial charge < -0.3 is 14.8 Å². The Balaban J connectivity index is 1.79. The number of hydrogen-bond donors (Lipinski definition) is 2. The molecule has 0 aliphatic heterocycles. The number of nitrogens with one attached hydrogen (secondary N) is 2. The number of ether oxygens (including phenoxy) is 2. The van der Waals surface area contributed by atoms with Gasteiger partial charge in [-0.15, -0.1) is 0 Å². The third-order valence-electron chi connectivity index (χ3n) is 3.80. The van der Waals surface area contributed by atoms with E-state index in [0.29, 0.717) is 0 Å². The molecule has 1 atom stereocenters. The number of methoxy groups -OCH3 is 2. The van der Waals surface area contributed by atoms with E-state index in [4.69, 9.17) is 9.47 Å². The fourth-order valence-electron chi connectivity index (χ4n) is 2.24. The Kier molecular flexibility index (Phi) is 7.37. The molecule has 142 valence electrons. The standard InChI is InChI=1S/C20H23N3O4/c1-14(22-19(24)12-15-4-8-17(26-2)9-5-15)20(25)23-21-13-16-6-10-18(27-3)11-7-16/h4-11,13-14H,12H2,1-3H3,(H,22,24)(H,23,25). The van der Waals surface area contributed by atoms with Gasteiger partial charge in [0.1, 0.15) is 17.5 Å². The van der Waals surface area contributed by atoms with Gasteiger partial charge in [0.25, 0.3) is 5.91 Å². The Labute approximate surface area is 158 Å². The molecule has 7 heteroatoms. The first-order chi connectivity index (χ1) is 13.0. The molecule has 2 rings (SSSR count). The summed E-state index contributed by atoms with van der Waals surface area (Å²) in [7, 11) is 3.17. The predicted octanol–water partition coefficient (Wildman–Crippen LogP) is 1.90. The maximum absolute atomic E-state index is 12.1. The molecule has 0 spiro atoms. The number of hydrazone groups is 1. The Bertz CT molecular complexity index is 786. The van der Waals surface area contributed by atoms with Crippen molar-refractivity contribution in [3.05, 3.63) is 59.7 Å². The number of nitrogens with zero attached hydrogens (tertiary/aromatic N) is 1. The van der Waals surface area contributed by atoms with Gasteiger partial charge in [-0.3, -0.25) is 9.59 Å². The number of rotatable bonds is 8. The first-order valence-corrected chi connectivity index (χ1v) is 8.41. The van der Waals surface area contributed by atoms with Crippen LogP contribution in [0.5, 0.6) is 11.5 Å². The smallest absolute Gasteiger partial charge is 0.262 e. The molecular weight excluding hydrogens is 346 g/mol. The predicted molar refractivity (Wildman–Crippen MR) is 103 cm³/mol. The molecule has 0 saturated heterocycles. The van der Waals surface area contributed by atoms with Crippen molar-refractivity contribution in [2.45, 2.75) is 19.4 Å². The van der Waals surface area contributed by atoms with Crippen molar-refractivity contribution in [3.8, 4) is 11.5 Å². The van der Waals surface area contributed by atoms with E-state index < -0.39 is 11.9 Å². The highest BCUT2D eigenvalue weighted by Crippen LogP contribution is 2.11. The first-order valence-electron chi connectivity index (χ1n) is 8.41. The third kappa shape index (κ3) is 6.47. The SMILES string of the molecule is COc1ccc(C=NNC(=O)C(C)NC(=O)Cc2ccc(OC)cc2)cc1. The normalized spacial score (nSPS) is 11.7. The van der Waals surface area contributed by atoms with Crippen molar-refractivity contribution in [1.29, 1.82) is 0 Å². The minimum Gasteiger partial charge on any atom is -0.497 e. The van der Waals surface area contributed by atoms with E-state index in [2.05, 4.69) is 15.8 Å². The van der Waals surface area contributed by atoms with Crippen LogP contribution in [0.25, 0.3) is 0 Å². The molecule has 1 unspecified atom stereocenters. The van der Waals surface area contributed by atoms with Crippen molar-refractivity contribution in [2.75, 3.05) is 14.2 Å². The van der Waals surface area contributed by atoms with Gasteiger partial charge in [0.15, 0.2) is 0 Å². The zero-order valence-electron chi connectivity index (χ0n) is 15.6. The number of benzene rings is 2. The molecule has 27 heavy (non-hydrogen) atoms. The van der Waals surface area contributed by atoms with Gasteiger partial charge >= 0.3 is 0 Å². The van der Waals surface area contributed by atoms with Crippen LogP contribution in [0.4, 0.5) is 0 Å². The van der Waals surface area contributed by atoms with E-state index in [-0.39, 0.29) is 12.3 Å². The van der Waals surface area contributed by atoms with Gasteiger partial charge in [0, 0.05) is 0 Å². The second-order valence-corrected chi connectivity index (χ2v) is 5.82. The molecular formula is C20H23N3O4. The van der Waals surface area contributed by atoms with Gasteiger partial charge in [-0.05, 0) is 54.4 Å². The molecule has 7 nitrogen and oxygen atoms in total. The summed E-state index contributed by atoms with van der Waals surface area (Å²) in [6.45, 7) is 1.60. The van der Waals surface area contributed by atoms with Gasteiger partial charge in [0.2, 0.25) is 5.91 Å². The molecule has 0 heterocycles. The van der Waals surface area contributed by atoms with Crippen molar-refractivity contribution in [3.63, 3.8) is 0 Å². The fraction of sp³-hybridized carbons (Fsp3) is 0.250. The molecule has 2 amide bonds. The lowest BCUT2D eigenvalue weighted by atomic mass is 10.1. The molecule has 2 N–H and O–H groups in total. The van der Waals surface area contributed by atoms with Crippen molar-refractivity contribution >= 4 is 18.0 Å². The highest BCUT2D eigenvalue weighted by Gasteiger charge is 2.15. The van der Waals surface area contributed by atoms with Crippen LogP contribution < -0.4 is 20.2 Å².